The van der Waals surface area contributed by atoms with Gasteiger partial charge in [-0.3, -0.25) is 0 Å². The summed E-state index contributed by atoms with van der Waals surface area (Å²) in [5.74, 6) is 1.19. The smallest absolute Gasteiger partial charge is 0.161 e. The number of aryl methyl sites for hydroxylation is 1. The summed E-state index contributed by atoms with van der Waals surface area (Å²) in [6.45, 7) is 2.10. The summed E-state index contributed by atoms with van der Waals surface area (Å²) in [7, 11) is 3.13. The Bertz CT molecular complexity index is 370. The average Bonchev–Trinajstić information content (AvgIpc) is 2.37. The molecule has 0 saturated carbocycles. The van der Waals surface area contributed by atoms with E-state index < -0.39 is 12.1 Å². The number of nitrogens with two attached hydrogens (primary N) is 1. The lowest BCUT2D eigenvalue weighted by molar-refractivity contribution is 0.0587. The van der Waals surface area contributed by atoms with Gasteiger partial charge in [0.1, 0.15) is 6.10 Å². The zero-order valence-corrected chi connectivity index (χ0v) is 11.1. The monoisotopic (exact) mass is 255 g/mol. The van der Waals surface area contributed by atoms with Crippen LogP contribution in [0.25, 0.3) is 0 Å². The van der Waals surface area contributed by atoms with Crippen molar-refractivity contribution in [1.82, 2.24) is 0 Å². The van der Waals surface area contributed by atoms with E-state index in [0.717, 1.165) is 5.56 Å². The van der Waals surface area contributed by atoms with E-state index in [-0.39, 0.29) is 6.61 Å². The van der Waals surface area contributed by atoms with Crippen LogP contribution in [0.3, 0.4) is 0 Å². The van der Waals surface area contributed by atoms with Crippen molar-refractivity contribution < 1.29 is 19.3 Å². The molecule has 0 saturated heterocycles. The summed E-state index contributed by atoms with van der Waals surface area (Å²) < 4.78 is 15.9. The molecular weight excluding hydrogens is 234 g/mol. The molecule has 2 atom stereocenters. The molecule has 5 heteroatoms. The van der Waals surface area contributed by atoms with Crippen molar-refractivity contribution in [2.45, 2.75) is 19.1 Å². The van der Waals surface area contributed by atoms with Crippen LogP contribution in [0.4, 0.5) is 0 Å². The first-order valence-corrected chi connectivity index (χ1v) is 5.79. The molecule has 0 spiro atoms. The number of rotatable bonds is 7. The molecule has 0 bridgehead atoms. The van der Waals surface area contributed by atoms with Gasteiger partial charge >= 0.3 is 0 Å². The van der Waals surface area contributed by atoms with Crippen LogP contribution in [0.15, 0.2) is 18.2 Å². The molecule has 0 aliphatic carbocycles. The number of benzene rings is 1. The molecule has 0 radical (unpaired) electrons. The highest BCUT2D eigenvalue weighted by molar-refractivity contribution is 5.42. The van der Waals surface area contributed by atoms with Gasteiger partial charge in [-0.15, -0.1) is 0 Å². The van der Waals surface area contributed by atoms with Gasteiger partial charge in [0, 0.05) is 7.11 Å². The molecule has 0 fully saturated rings. The average molecular weight is 255 g/mol. The summed E-state index contributed by atoms with van der Waals surface area (Å²) >= 11 is 0. The first-order valence-electron chi connectivity index (χ1n) is 5.79. The Balaban J connectivity index is 2.81. The van der Waals surface area contributed by atoms with Crippen LogP contribution in [-0.2, 0) is 4.74 Å². The Morgan fingerprint density at radius 1 is 1.28 bits per heavy atom. The van der Waals surface area contributed by atoms with Gasteiger partial charge in [0.25, 0.3) is 0 Å². The zero-order chi connectivity index (χ0) is 13.5. The molecule has 0 heterocycles. The van der Waals surface area contributed by atoms with E-state index in [0.29, 0.717) is 18.1 Å². The van der Waals surface area contributed by atoms with Crippen LogP contribution in [0.1, 0.15) is 5.56 Å². The maximum absolute atomic E-state index is 9.30. The minimum Gasteiger partial charge on any atom is -0.493 e. The molecule has 18 heavy (non-hydrogen) atoms. The molecule has 0 aliphatic rings. The van der Waals surface area contributed by atoms with Gasteiger partial charge in [0.2, 0.25) is 0 Å². The van der Waals surface area contributed by atoms with E-state index in [4.69, 9.17) is 19.9 Å². The van der Waals surface area contributed by atoms with Gasteiger partial charge < -0.3 is 25.1 Å². The molecule has 0 aromatic heterocycles. The van der Waals surface area contributed by atoms with Crippen LogP contribution >= 0.6 is 0 Å². The second-order valence-electron chi connectivity index (χ2n) is 4.11. The lowest BCUT2D eigenvalue weighted by Crippen LogP contribution is -2.44. The lowest BCUT2D eigenvalue weighted by Gasteiger charge is -2.23. The van der Waals surface area contributed by atoms with E-state index in [2.05, 4.69) is 0 Å². The van der Waals surface area contributed by atoms with Gasteiger partial charge in [-0.05, 0) is 24.6 Å². The topological polar surface area (TPSA) is 73.9 Å². The van der Waals surface area contributed by atoms with Crippen molar-refractivity contribution in [3.8, 4) is 11.5 Å². The highest BCUT2D eigenvalue weighted by Gasteiger charge is 2.20. The fourth-order valence-corrected chi connectivity index (χ4v) is 1.60. The molecule has 102 valence electrons. The van der Waals surface area contributed by atoms with E-state index >= 15 is 0 Å². The summed E-state index contributed by atoms with van der Waals surface area (Å²) in [5.41, 5.74) is 6.93. The Morgan fingerprint density at radius 2 is 2.00 bits per heavy atom. The van der Waals surface area contributed by atoms with Crippen LogP contribution in [-0.4, -0.2) is 44.7 Å². The Labute approximate surface area is 107 Å². The molecule has 1 aromatic rings. The fraction of sp³-hybridized carbons (Fsp3) is 0.538. The predicted octanol–water partition coefficient (Wildman–Crippen LogP) is 0.717. The third kappa shape index (κ3) is 3.87. The Morgan fingerprint density at radius 3 is 2.56 bits per heavy atom. The molecule has 3 N–H and O–H groups in total. The standard InChI is InChI=1S/C13H21NO4/c1-9-4-5-11(12(6-9)17-3)18-13(7-15)10(14)8-16-2/h4-6,10,13,15H,7-8,14H2,1-3H3. The van der Waals surface area contributed by atoms with Gasteiger partial charge in [-0.25, -0.2) is 0 Å². The third-order valence-corrected chi connectivity index (χ3v) is 2.61. The Kier molecular flexibility index (Phi) is 5.91. The van der Waals surface area contributed by atoms with Crippen molar-refractivity contribution in [3.05, 3.63) is 23.8 Å². The molecule has 1 aromatic carbocycles. The van der Waals surface area contributed by atoms with Crippen LogP contribution in [0.2, 0.25) is 0 Å². The normalized spacial score (nSPS) is 14.1. The van der Waals surface area contributed by atoms with Crippen LogP contribution in [0.5, 0.6) is 11.5 Å². The van der Waals surface area contributed by atoms with Crippen LogP contribution < -0.4 is 15.2 Å². The van der Waals surface area contributed by atoms with E-state index in [1.165, 1.54) is 0 Å². The number of aliphatic hydroxyl groups excluding tert-OH is 1. The zero-order valence-electron chi connectivity index (χ0n) is 11.1. The number of aliphatic hydroxyl groups is 1. The first kappa shape index (κ1) is 14.8. The maximum atomic E-state index is 9.30. The minimum absolute atomic E-state index is 0.179. The molecule has 1 rings (SSSR count). The van der Waals surface area contributed by atoms with Gasteiger partial charge in [0.05, 0.1) is 26.4 Å². The third-order valence-electron chi connectivity index (χ3n) is 2.61. The summed E-state index contributed by atoms with van der Waals surface area (Å²) in [6, 6.07) is 5.18. The quantitative estimate of drug-likeness (QED) is 0.751. The highest BCUT2D eigenvalue weighted by atomic mass is 16.5. The van der Waals surface area contributed by atoms with Crippen molar-refractivity contribution in [2.75, 3.05) is 27.4 Å². The number of methoxy groups -OCH3 is 2. The number of hydrogen-bond donors (Lipinski definition) is 2. The van der Waals surface area contributed by atoms with Crippen molar-refractivity contribution >= 4 is 0 Å². The lowest BCUT2D eigenvalue weighted by atomic mass is 10.2. The van der Waals surface area contributed by atoms with Gasteiger partial charge in [-0.1, -0.05) is 6.07 Å². The van der Waals surface area contributed by atoms with E-state index in [1.807, 2.05) is 19.1 Å². The maximum Gasteiger partial charge on any atom is 0.161 e. The van der Waals surface area contributed by atoms with Crippen molar-refractivity contribution in [3.63, 3.8) is 0 Å². The highest BCUT2D eigenvalue weighted by Crippen LogP contribution is 2.28. The SMILES string of the molecule is COCC(N)C(CO)Oc1ccc(C)cc1OC. The summed E-state index contributed by atoms with van der Waals surface area (Å²) in [6.07, 6.45) is -0.526. The predicted molar refractivity (Wildman–Crippen MR) is 69.1 cm³/mol. The molecule has 0 amide bonds. The molecule has 5 nitrogen and oxygen atoms in total. The van der Waals surface area contributed by atoms with Gasteiger partial charge in [-0.2, -0.15) is 0 Å². The van der Waals surface area contributed by atoms with E-state index in [9.17, 15) is 5.11 Å². The largest absolute Gasteiger partial charge is 0.493 e. The second-order valence-corrected chi connectivity index (χ2v) is 4.11. The molecule has 0 aliphatic heterocycles. The molecular formula is C13H21NO4. The first-order chi connectivity index (χ1) is 8.62. The minimum atomic E-state index is -0.526. The van der Waals surface area contributed by atoms with E-state index in [1.54, 1.807) is 20.3 Å². The number of ether oxygens (including phenoxy) is 3. The van der Waals surface area contributed by atoms with Crippen molar-refractivity contribution in [2.24, 2.45) is 5.73 Å². The summed E-state index contributed by atoms with van der Waals surface area (Å²) in [4.78, 5) is 0. The molecule has 2 unspecified atom stereocenters. The Hall–Kier alpha value is -1.30. The number of hydrogen-bond acceptors (Lipinski definition) is 5. The summed E-state index contributed by atoms with van der Waals surface area (Å²) in [5, 5.41) is 9.30. The fourth-order valence-electron chi connectivity index (χ4n) is 1.60. The van der Waals surface area contributed by atoms with Crippen molar-refractivity contribution in [1.29, 1.82) is 0 Å². The van der Waals surface area contributed by atoms with Gasteiger partial charge in [0.15, 0.2) is 11.5 Å². The van der Waals surface area contributed by atoms with Crippen LogP contribution in [0, 0.1) is 6.92 Å². The second kappa shape index (κ2) is 7.20.